The van der Waals surface area contributed by atoms with Crippen LogP contribution in [-0.4, -0.2) is 23.4 Å². The van der Waals surface area contributed by atoms with Crippen molar-refractivity contribution in [3.05, 3.63) is 33.9 Å². The monoisotopic (exact) mass is 277 g/mol. The molecule has 0 saturated heterocycles. The first-order chi connectivity index (χ1) is 9.56. The Balaban J connectivity index is 1.92. The Kier molecular flexibility index (Phi) is 4.68. The Morgan fingerprint density at radius 1 is 1.40 bits per heavy atom. The van der Waals surface area contributed by atoms with E-state index in [2.05, 4.69) is 10.6 Å². The van der Waals surface area contributed by atoms with Crippen LogP contribution in [0.4, 0.5) is 11.4 Å². The van der Waals surface area contributed by atoms with Gasteiger partial charge in [0, 0.05) is 18.2 Å². The fourth-order valence-corrected chi connectivity index (χ4v) is 2.42. The van der Waals surface area contributed by atoms with Crippen molar-refractivity contribution in [1.82, 2.24) is 5.32 Å². The van der Waals surface area contributed by atoms with Gasteiger partial charge >= 0.3 is 0 Å². The number of carbonyl (C=O) groups excluding carboxylic acids is 1. The summed E-state index contributed by atoms with van der Waals surface area (Å²) in [7, 11) is 0. The molecule has 1 aliphatic rings. The van der Waals surface area contributed by atoms with E-state index in [0.29, 0.717) is 11.7 Å². The third kappa shape index (κ3) is 3.77. The highest BCUT2D eigenvalue weighted by atomic mass is 16.6. The van der Waals surface area contributed by atoms with Gasteiger partial charge in [0.1, 0.15) is 0 Å². The van der Waals surface area contributed by atoms with Gasteiger partial charge in [-0.25, -0.2) is 0 Å². The Morgan fingerprint density at radius 2 is 2.10 bits per heavy atom. The largest absolute Gasteiger partial charge is 0.324 e. The summed E-state index contributed by atoms with van der Waals surface area (Å²) in [6.07, 6.45) is 4.65. The highest BCUT2D eigenvalue weighted by molar-refractivity contribution is 5.93. The molecule has 1 saturated carbocycles. The maximum absolute atomic E-state index is 11.9. The Hall–Kier alpha value is -1.95. The van der Waals surface area contributed by atoms with E-state index in [1.807, 2.05) is 6.92 Å². The molecule has 6 heteroatoms. The SMILES string of the molecule is Cc1ccc([N+](=O)[O-])cc1NC(=O)CNC1CCCC1. The minimum absolute atomic E-state index is 0.0188. The van der Waals surface area contributed by atoms with Gasteiger partial charge in [-0.1, -0.05) is 18.9 Å². The third-order valence-corrected chi connectivity index (χ3v) is 3.61. The molecule has 0 spiro atoms. The van der Waals surface area contributed by atoms with Crippen LogP contribution in [0.15, 0.2) is 18.2 Å². The van der Waals surface area contributed by atoms with E-state index in [1.54, 1.807) is 6.07 Å². The van der Waals surface area contributed by atoms with E-state index in [1.165, 1.54) is 25.0 Å². The average molecular weight is 277 g/mol. The van der Waals surface area contributed by atoms with E-state index in [9.17, 15) is 14.9 Å². The fraction of sp³-hybridized carbons (Fsp3) is 0.500. The van der Waals surface area contributed by atoms with Crippen molar-refractivity contribution in [2.45, 2.75) is 38.6 Å². The quantitative estimate of drug-likeness (QED) is 0.639. The molecule has 20 heavy (non-hydrogen) atoms. The normalized spacial score (nSPS) is 15.2. The van der Waals surface area contributed by atoms with Crippen molar-refractivity contribution in [3.8, 4) is 0 Å². The van der Waals surface area contributed by atoms with Gasteiger partial charge in [-0.3, -0.25) is 14.9 Å². The van der Waals surface area contributed by atoms with E-state index in [4.69, 9.17) is 0 Å². The number of non-ortho nitro benzene ring substituents is 1. The zero-order chi connectivity index (χ0) is 14.5. The topological polar surface area (TPSA) is 84.3 Å². The lowest BCUT2D eigenvalue weighted by atomic mass is 10.2. The van der Waals surface area contributed by atoms with Crippen molar-refractivity contribution < 1.29 is 9.72 Å². The number of aryl methyl sites for hydroxylation is 1. The van der Waals surface area contributed by atoms with Crippen LogP contribution in [0, 0.1) is 17.0 Å². The van der Waals surface area contributed by atoms with E-state index < -0.39 is 4.92 Å². The summed E-state index contributed by atoms with van der Waals surface area (Å²) in [5.41, 5.74) is 1.29. The third-order valence-electron chi connectivity index (χ3n) is 3.61. The summed E-state index contributed by atoms with van der Waals surface area (Å²) in [5.74, 6) is -0.166. The molecule has 0 heterocycles. The molecule has 0 atom stereocenters. The number of benzene rings is 1. The Bertz CT molecular complexity index is 510. The van der Waals surface area contributed by atoms with Gasteiger partial charge in [0.2, 0.25) is 5.91 Å². The van der Waals surface area contributed by atoms with E-state index in [-0.39, 0.29) is 18.1 Å². The molecule has 0 bridgehead atoms. The van der Waals surface area contributed by atoms with Crippen LogP contribution >= 0.6 is 0 Å². The fourth-order valence-electron chi connectivity index (χ4n) is 2.42. The smallest absolute Gasteiger partial charge is 0.271 e. The predicted octanol–water partition coefficient (Wildman–Crippen LogP) is 2.37. The van der Waals surface area contributed by atoms with Crippen LogP contribution in [0.25, 0.3) is 0 Å². The number of nitrogens with zero attached hydrogens (tertiary/aromatic N) is 1. The number of carbonyl (C=O) groups is 1. The molecule has 1 amide bonds. The molecule has 0 aromatic heterocycles. The molecule has 1 aliphatic carbocycles. The van der Waals surface area contributed by atoms with Gasteiger partial charge < -0.3 is 10.6 Å². The number of hydrogen-bond acceptors (Lipinski definition) is 4. The van der Waals surface area contributed by atoms with Crippen LogP contribution in [0.2, 0.25) is 0 Å². The number of anilines is 1. The minimum Gasteiger partial charge on any atom is -0.324 e. The molecule has 0 unspecified atom stereocenters. The number of rotatable bonds is 5. The first-order valence-electron chi connectivity index (χ1n) is 6.84. The molecule has 2 N–H and O–H groups in total. The van der Waals surface area contributed by atoms with Gasteiger partial charge in [-0.2, -0.15) is 0 Å². The van der Waals surface area contributed by atoms with Crippen molar-refractivity contribution in [2.24, 2.45) is 0 Å². The zero-order valence-electron chi connectivity index (χ0n) is 11.5. The lowest BCUT2D eigenvalue weighted by molar-refractivity contribution is -0.384. The van der Waals surface area contributed by atoms with Crippen LogP contribution in [0.5, 0.6) is 0 Å². The van der Waals surface area contributed by atoms with Crippen molar-refractivity contribution in [2.75, 3.05) is 11.9 Å². The highest BCUT2D eigenvalue weighted by Crippen LogP contribution is 2.22. The summed E-state index contributed by atoms with van der Waals surface area (Å²) in [6.45, 7) is 2.05. The summed E-state index contributed by atoms with van der Waals surface area (Å²) < 4.78 is 0. The lowest BCUT2D eigenvalue weighted by Gasteiger charge is -2.12. The predicted molar refractivity (Wildman–Crippen MR) is 76.7 cm³/mol. The number of amides is 1. The average Bonchev–Trinajstić information content (AvgIpc) is 2.92. The van der Waals surface area contributed by atoms with E-state index in [0.717, 1.165) is 18.4 Å². The number of nitrogens with one attached hydrogen (secondary N) is 2. The van der Waals surface area contributed by atoms with Gasteiger partial charge in [0.15, 0.2) is 0 Å². The first-order valence-corrected chi connectivity index (χ1v) is 6.84. The van der Waals surface area contributed by atoms with Crippen molar-refractivity contribution in [1.29, 1.82) is 0 Å². The van der Waals surface area contributed by atoms with Gasteiger partial charge in [0.05, 0.1) is 17.2 Å². The highest BCUT2D eigenvalue weighted by Gasteiger charge is 2.16. The number of hydrogen-bond donors (Lipinski definition) is 2. The minimum atomic E-state index is -0.466. The molecular weight excluding hydrogens is 258 g/mol. The Labute approximate surface area is 117 Å². The molecule has 6 nitrogen and oxygen atoms in total. The summed E-state index contributed by atoms with van der Waals surface area (Å²) in [5, 5.41) is 16.7. The molecule has 1 fully saturated rings. The molecule has 0 radical (unpaired) electrons. The second kappa shape index (κ2) is 6.47. The summed E-state index contributed by atoms with van der Waals surface area (Å²) >= 11 is 0. The molecule has 108 valence electrons. The van der Waals surface area contributed by atoms with Gasteiger partial charge in [0.25, 0.3) is 5.69 Å². The summed E-state index contributed by atoms with van der Waals surface area (Å²) in [4.78, 5) is 22.1. The standard InChI is InChI=1S/C14H19N3O3/c1-10-6-7-12(17(19)20)8-13(10)16-14(18)9-15-11-4-2-3-5-11/h6-8,11,15H,2-5,9H2,1H3,(H,16,18). The molecule has 1 aromatic carbocycles. The Morgan fingerprint density at radius 3 is 2.75 bits per heavy atom. The van der Waals surface area contributed by atoms with Gasteiger partial charge in [-0.15, -0.1) is 0 Å². The van der Waals surface area contributed by atoms with Crippen molar-refractivity contribution in [3.63, 3.8) is 0 Å². The molecule has 0 aliphatic heterocycles. The zero-order valence-corrected chi connectivity index (χ0v) is 11.5. The number of nitro benzene ring substituents is 1. The number of nitro groups is 1. The first kappa shape index (κ1) is 14.5. The molecular formula is C14H19N3O3. The van der Waals surface area contributed by atoms with Crippen LogP contribution in [-0.2, 0) is 4.79 Å². The van der Waals surface area contributed by atoms with Crippen LogP contribution < -0.4 is 10.6 Å². The van der Waals surface area contributed by atoms with Gasteiger partial charge in [-0.05, 0) is 25.3 Å². The van der Waals surface area contributed by atoms with Crippen LogP contribution in [0.1, 0.15) is 31.2 Å². The second-order valence-corrected chi connectivity index (χ2v) is 5.17. The molecule has 1 aromatic rings. The maximum Gasteiger partial charge on any atom is 0.271 e. The lowest BCUT2D eigenvalue weighted by Crippen LogP contribution is -2.34. The maximum atomic E-state index is 11.9. The van der Waals surface area contributed by atoms with E-state index >= 15 is 0 Å². The summed E-state index contributed by atoms with van der Waals surface area (Å²) in [6, 6.07) is 4.88. The van der Waals surface area contributed by atoms with Crippen LogP contribution in [0.3, 0.4) is 0 Å². The van der Waals surface area contributed by atoms with Crippen molar-refractivity contribution >= 4 is 17.3 Å². The second-order valence-electron chi connectivity index (χ2n) is 5.17. The molecule has 2 rings (SSSR count).